The van der Waals surface area contributed by atoms with E-state index in [0.29, 0.717) is 25.4 Å². The zero-order valence-corrected chi connectivity index (χ0v) is 12.1. The molecule has 0 radical (unpaired) electrons. The van der Waals surface area contributed by atoms with E-state index in [9.17, 15) is 8.78 Å². The molecule has 20 heavy (non-hydrogen) atoms. The first kappa shape index (κ1) is 15.6. The summed E-state index contributed by atoms with van der Waals surface area (Å²) in [5.74, 6) is -1.86. The Morgan fingerprint density at radius 1 is 1.35 bits per heavy atom. The highest BCUT2D eigenvalue weighted by molar-refractivity contribution is 6.31. The van der Waals surface area contributed by atoms with Gasteiger partial charge in [-0.3, -0.25) is 0 Å². The molecule has 0 bridgehead atoms. The van der Waals surface area contributed by atoms with Crippen LogP contribution in [0, 0.1) is 11.6 Å². The van der Waals surface area contributed by atoms with E-state index in [0.717, 1.165) is 25.1 Å². The van der Waals surface area contributed by atoms with E-state index in [2.05, 4.69) is 5.32 Å². The van der Waals surface area contributed by atoms with Crippen molar-refractivity contribution in [2.45, 2.75) is 25.5 Å². The third-order valence-electron chi connectivity index (χ3n) is 3.20. The summed E-state index contributed by atoms with van der Waals surface area (Å²) in [7, 11) is 0. The Morgan fingerprint density at radius 2 is 2.10 bits per heavy atom. The molecule has 1 aliphatic rings. The summed E-state index contributed by atoms with van der Waals surface area (Å²) < 4.78 is 37.7. The predicted molar refractivity (Wildman–Crippen MR) is 73.0 cm³/mol. The second-order valence-corrected chi connectivity index (χ2v) is 5.11. The van der Waals surface area contributed by atoms with Crippen molar-refractivity contribution in [2.24, 2.45) is 0 Å². The lowest BCUT2D eigenvalue weighted by Crippen LogP contribution is -2.41. The van der Waals surface area contributed by atoms with E-state index in [1.807, 2.05) is 6.92 Å². The summed E-state index contributed by atoms with van der Waals surface area (Å²) in [6.45, 7) is 4.17. The number of nitrogens with one attached hydrogen (secondary N) is 1. The second-order valence-electron chi connectivity index (χ2n) is 4.70. The van der Waals surface area contributed by atoms with E-state index in [1.165, 1.54) is 0 Å². The van der Waals surface area contributed by atoms with Crippen molar-refractivity contribution in [3.63, 3.8) is 0 Å². The minimum Gasteiger partial charge on any atom is -0.376 e. The van der Waals surface area contributed by atoms with Crippen LogP contribution < -0.4 is 5.32 Å². The highest BCUT2D eigenvalue weighted by atomic mass is 35.5. The van der Waals surface area contributed by atoms with Gasteiger partial charge in [0.25, 0.3) is 0 Å². The van der Waals surface area contributed by atoms with Gasteiger partial charge in [-0.1, -0.05) is 18.5 Å². The average molecular weight is 306 g/mol. The average Bonchev–Trinajstić information content (AvgIpc) is 2.45. The van der Waals surface area contributed by atoms with E-state index in [1.54, 1.807) is 0 Å². The molecule has 0 saturated carbocycles. The highest BCUT2D eigenvalue weighted by Gasteiger charge is 2.28. The number of benzene rings is 1. The Bertz CT molecular complexity index is 453. The maximum atomic E-state index is 13.5. The van der Waals surface area contributed by atoms with Gasteiger partial charge in [-0.05, 0) is 30.7 Å². The van der Waals surface area contributed by atoms with Gasteiger partial charge in [0.15, 0.2) is 11.6 Å². The van der Waals surface area contributed by atoms with Crippen LogP contribution in [0.5, 0.6) is 0 Å². The van der Waals surface area contributed by atoms with Crippen LogP contribution >= 0.6 is 11.6 Å². The van der Waals surface area contributed by atoms with Gasteiger partial charge in [0, 0.05) is 5.02 Å². The zero-order valence-electron chi connectivity index (χ0n) is 11.3. The van der Waals surface area contributed by atoms with Crippen LogP contribution in [0.25, 0.3) is 0 Å². The molecule has 1 fully saturated rings. The van der Waals surface area contributed by atoms with Gasteiger partial charge >= 0.3 is 0 Å². The van der Waals surface area contributed by atoms with Gasteiger partial charge in [-0.25, -0.2) is 8.78 Å². The summed E-state index contributed by atoms with van der Waals surface area (Å²) in [4.78, 5) is 0. The van der Waals surface area contributed by atoms with E-state index in [4.69, 9.17) is 21.1 Å². The molecule has 1 aromatic carbocycles. The number of halogens is 3. The third kappa shape index (κ3) is 3.67. The Hall–Kier alpha value is -0.750. The van der Waals surface area contributed by atoms with Crippen LogP contribution in [-0.4, -0.2) is 32.5 Å². The van der Waals surface area contributed by atoms with Crippen LogP contribution in [-0.2, 0) is 9.47 Å². The topological polar surface area (TPSA) is 30.5 Å². The molecule has 6 heteroatoms. The lowest BCUT2D eigenvalue weighted by Gasteiger charge is -2.32. The summed E-state index contributed by atoms with van der Waals surface area (Å²) in [5, 5.41) is 3.45. The van der Waals surface area contributed by atoms with Crippen LogP contribution in [0.4, 0.5) is 8.78 Å². The first-order chi connectivity index (χ1) is 9.63. The van der Waals surface area contributed by atoms with E-state index in [-0.39, 0.29) is 17.2 Å². The number of ether oxygens (including phenoxy) is 2. The van der Waals surface area contributed by atoms with E-state index < -0.39 is 11.6 Å². The Morgan fingerprint density at radius 3 is 2.75 bits per heavy atom. The minimum absolute atomic E-state index is 0.187. The van der Waals surface area contributed by atoms with Gasteiger partial charge < -0.3 is 14.8 Å². The van der Waals surface area contributed by atoms with Crippen LogP contribution in [0.2, 0.25) is 5.02 Å². The Kier molecular flexibility index (Phi) is 5.72. The standard InChI is InChI=1S/C14H18ClF2NO2/c1-2-3-18-14(13-8-19-4-5-20-13)9-6-11(16)12(17)7-10(9)15/h6-7,13-14,18H,2-5,8H2,1H3. The van der Waals surface area contributed by atoms with E-state index >= 15 is 0 Å². The number of rotatable bonds is 5. The predicted octanol–water partition coefficient (Wildman–Crippen LogP) is 3.07. The Labute approximate surface area is 122 Å². The lowest BCUT2D eigenvalue weighted by atomic mass is 10.0. The maximum Gasteiger partial charge on any atom is 0.160 e. The highest BCUT2D eigenvalue weighted by Crippen LogP contribution is 2.30. The smallest absolute Gasteiger partial charge is 0.160 e. The molecule has 0 aliphatic carbocycles. The fourth-order valence-corrected chi connectivity index (χ4v) is 2.48. The second kappa shape index (κ2) is 7.31. The summed E-state index contributed by atoms with van der Waals surface area (Å²) >= 11 is 6.05. The molecule has 2 atom stereocenters. The van der Waals surface area contributed by atoms with Crippen molar-refractivity contribution in [1.29, 1.82) is 0 Å². The fraction of sp³-hybridized carbons (Fsp3) is 0.571. The van der Waals surface area contributed by atoms with Crippen molar-refractivity contribution in [1.82, 2.24) is 5.32 Å². The van der Waals surface area contributed by atoms with Gasteiger partial charge in [-0.15, -0.1) is 0 Å². The molecule has 112 valence electrons. The maximum absolute atomic E-state index is 13.5. The first-order valence-corrected chi connectivity index (χ1v) is 7.08. The van der Waals surface area contributed by atoms with Crippen LogP contribution in [0.15, 0.2) is 12.1 Å². The Balaban J connectivity index is 2.27. The molecule has 0 aromatic heterocycles. The van der Waals surface area contributed by atoms with Crippen molar-refractivity contribution in [2.75, 3.05) is 26.4 Å². The minimum atomic E-state index is -0.950. The van der Waals surface area contributed by atoms with Gasteiger partial charge in [0.2, 0.25) is 0 Å². The van der Waals surface area contributed by atoms with Crippen LogP contribution in [0.3, 0.4) is 0 Å². The fourth-order valence-electron chi connectivity index (χ4n) is 2.22. The van der Waals surface area contributed by atoms with Crippen molar-refractivity contribution < 1.29 is 18.3 Å². The molecule has 3 nitrogen and oxygen atoms in total. The van der Waals surface area contributed by atoms with Crippen molar-refractivity contribution in [3.8, 4) is 0 Å². The summed E-state index contributed by atoms with van der Waals surface area (Å²) in [6, 6.07) is 1.80. The molecule has 1 N–H and O–H groups in total. The monoisotopic (exact) mass is 305 g/mol. The molecular formula is C14H18ClF2NO2. The molecule has 1 saturated heterocycles. The van der Waals surface area contributed by atoms with Crippen molar-refractivity contribution in [3.05, 3.63) is 34.4 Å². The molecule has 1 heterocycles. The SMILES string of the molecule is CCCNC(c1cc(F)c(F)cc1Cl)C1COCCO1. The van der Waals surface area contributed by atoms with Gasteiger partial charge in [0.1, 0.15) is 6.10 Å². The molecule has 2 rings (SSSR count). The molecule has 0 spiro atoms. The van der Waals surface area contributed by atoms with Crippen LogP contribution in [0.1, 0.15) is 24.9 Å². The van der Waals surface area contributed by atoms with Gasteiger partial charge in [-0.2, -0.15) is 0 Å². The number of hydrogen-bond donors (Lipinski definition) is 1. The molecule has 1 aliphatic heterocycles. The molecule has 1 aromatic rings. The zero-order chi connectivity index (χ0) is 14.5. The third-order valence-corrected chi connectivity index (χ3v) is 3.53. The number of hydrogen-bond acceptors (Lipinski definition) is 3. The lowest BCUT2D eigenvalue weighted by molar-refractivity contribution is -0.102. The normalized spacial score (nSPS) is 20.9. The summed E-state index contributed by atoms with van der Waals surface area (Å²) in [6.07, 6.45) is 0.642. The molecular weight excluding hydrogens is 288 g/mol. The first-order valence-electron chi connectivity index (χ1n) is 6.70. The van der Waals surface area contributed by atoms with Gasteiger partial charge in [0.05, 0.1) is 25.9 Å². The van der Waals surface area contributed by atoms with Crippen molar-refractivity contribution >= 4 is 11.6 Å². The molecule has 0 amide bonds. The molecule has 2 unspecified atom stereocenters. The quantitative estimate of drug-likeness (QED) is 0.848. The summed E-state index contributed by atoms with van der Waals surface area (Å²) in [5.41, 5.74) is 0.495. The largest absolute Gasteiger partial charge is 0.376 e.